The summed E-state index contributed by atoms with van der Waals surface area (Å²) < 4.78 is 1.71. The van der Waals surface area contributed by atoms with E-state index in [1.807, 2.05) is 36.5 Å². The number of nitrogens with zero attached hydrogens (tertiary/aromatic N) is 4. The Balaban J connectivity index is 1.81. The Kier molecular flexibility index (Phi) is 4.29. The van der Waals surface area contributed by atoms with Crippen LogP contribution in [0.1, 0.15) is 34.7 Å². The van der Waals surface area contributed by atoms with Gasteiger partial charge in [-0.2, -0.15) is 10.2 Å². The van der Waals surface area contributed by atoms with Crippen LogP contribution in [0.5, 0.6) is 0 Å². The molecule has 0 aliphatic heterocycles. The maximum absolute atomic E-state index is 12.4. The minimum atomic E-state index is -0.614. The Morgan fingerprint density at radius 3 is 2.88 bits per heavy atom. The van der Waals surface area contributed by atoms with Crippen molar-refractivity contribution in [2.45, 2.75) is 19.9 Å². The van der Waals surface area contributed by atoms with Gasteiger partial charge in [-0.3, -0.25) is 20.0 Å². The van der Waals surface area contributed by atoms with Gasteiger partial charge in [0, 0.05) is 12.4 Å². The molecule has 0 spiro atoms. The average Bonchev–Trinajstić information content (AvgIpc) is 3.24. The van der Waals surface area contributed by atoms with Gasteiger partial charge in [0.1, 0.15) is 5.69 Å². The minimum Gasteiger partial charge on any atom is -0.344 e. The summed E-state index contributed by atoms with van der Waals surface area (Å²) in [5, 5.41) is 24.2. The lowest BCUT2D eigenvalue weighted by atomic mass is 10.1. The van der Waals surface area contributed by atoms with Gasteiger partial charge in [0.2, 0.25) is 5.69 Å². The summed E-state index contributed by atoms with van der Waals surface area (Å²) in [7, 11) is 0. The van der Waals surface area contributed by atoms with E-state index in [1.54, 1.807) is 17.8 Å². The summed E-state index contributed by atoms with van der Waals surface area (Å²) in [6, 6.07) is 8.96. The van der Waals surface area contributed by atoms with Crippen LogP contribution in [0, 0.1) is 17.0 Å². The molecule has 0 fully saturated rings. The Bertz CT molecular complexity index is 916. The largest absolute Gasteiger partial charge is 0.344 e. The van der Waals surface area contributed by atoms with Gasteiger partial charge in [0.25, 0.3) is 5.91 Å². The molecule has 2 N–H and O–H groups in total. The molecule has 0 saturated carbocycles. The van der Waals surface area contributed by atoms with Crippen LogP contribution in [0.2, 0.25) is 0 Å². The fourth-order valence-corrected chi connectivity index (χ4v) is 2.51. The summed E-state index contributed by atoms with van der Waals surface area (Å²) in [5.74, 6) is -0.604. The summed E-state index contributed by atoms with van der Waals surface area (Å²) in [6.45, 7) is 3.30. The van der Waals surface area contributed by atoms with Crippen LogP contribution in [-0.4, -0.2) is 30.8 Å². The van der Waals surface area contributed by atoms with E-state index >= 15 is 0 Å². The maximum atomic E-state index is 12.4. The van der Waals surface area contributed by atoms with E-state index in [9.17, 15) is 14.9 Å². The first-order valence-corrected chi connectivity index (χ1v) is 7.57. The number of benzene rings is 1. The second kappa shape index (κ2) is 6.56. The molecule has 2 heterocycles. The van der Waals surface area contributed by atoms with Crippen molar-refractivity contribution in [3.63, 3.8) is 0 Å². The van der Waals surface area contributed by atoms with E-state index in [0.717, 1.165) is 11.3 Å². The number of rotatable bonds is 5. The molecule has 1 unspecified atom stereocenters. The maximum Gasteiger partial charge on any atom is 0.322 e. The molecule has 0 bridgehead atoms. The number of aromatic nitrogens is 4. The molecule has 1 aromatic carbocycles. The zero-order chi connectivity index (χ0) is 18.0. The number of carbonyl (C=O) groups excluding carboxylic acids is 1. The minimum absolute atomic E-state index is 0.224. The molecule has 0 saturated heterocycles. The number of carbonyl (C=O) groups is 1. The fraction of sp³-hybridized carbons (Fsp3) is 0.188. The third-order valence-electron chi connectivity index (χ3n) is 3.80. The van der Waals surface area contributed by atoms with Crippen molar-refractivity contribution in [2.75, 3.05) is 0 Å². The van der Waals surface area contributed by atoms with Crippen LogP contribution < -0.4 is 5.32 Å². The molecule has 3 aromatic rings. The topological polar surface area (TPSA) is 119 Å². The van der Waals surface area contributed by atoms with Gasteiger partial charge in [-0.15, -0.1) is 0 Å². The van der Waals surface area contributed by atoms with E-state index in [2.05, 4.69) is 20.6 Å². The van der Waals surface area contributed by atoms with Crippen molar-refractivity contribution in [3.05, 3.63) is 69.8 Å². The van der Waals surface area contributed by atoms with Crippen LogP contribution in [0.3, 0.4) is 0 Å². The molecule has 3 rings (SSSR count). The second-order valence-corrected chi connectivity index (χ2v) is 5.54. The Hall–Kier alpha value is -3.49. The highest BCUT2D eigenvalue weighted by Gasteiger charge is 2.28. The van der Waals surface area contributed by atoms with Crippen LogP contribution in [-0.2, 0) is 0 Å². The van der Waals surface area contributed by atoms with Crippen LogP contribution >= 0.6 is 0 Å². The van der Waals surface area contributed by atoms with E-state index < -0.39 is 10.8 Å². The first kappa shape index (κ1) is 16.4. The summed E-state index contributed by atoms with van der Waals surface area (Å²) in [5.41, 5.74) is 1.40. The molecule has 128 valence electrons. The lowest BCUT2D eigenvalue weighted by Gasteiger charge is -2.14. The molecular weight excluding hydrogens is 324 g/mol. The van der Waals surface area contributed by atoms with Crippen LogP contribution in [0.15, 0.2) is 42.7 Å². The summed E-state index contributed by atoms with van der Waals surface area (Å²) >= 11 is 0. The molecule has 0 aliphatic rings. The van der Waals surface area contributed by atoms with Gasteiger partial charge in [0.15, 0.2) is 0 Å². The Morgan fingerprint density at radius 2 is 2.20 bits per heavy atom. The lowest BCUT2D eigenvalue weighted by molar-refractivity contribution is -0.385. The van der Waals surface area contributed by atoms with Crippen molar-refractivity contribution in [3.8, 4) is 5.69 Å². The predicted octanol–water partition coefficient (Wildman–Crippen LogP) is 2.30. The fourth-order valence-electron chi connectivity index (χ4n) is 2.51. The number of hydrogen-bond acceptors (Lipinski definition) is 5. The third kappa shape index (κ3) is 3.25. The van der Waals surface area contributed by atoms with E-state index in [-0.39, 0.29) is 23.1 Å². The molecule has 0 radical (unpaired) electrons. The first-order valence-electron chi connectivity index (χ1n) is 7.57. The SMILES string of the molecule is Cc1[nH]nc(C(=O)NC(C)c2cccc(-n3cccn3)c2)c1[N+](=O)[O-]. The van der Waals surface area contributed by atoms with E-state index in [4.69, 9.17) is 0 Å². The van der Waals surface area contributed by atoms with Gasteiger partial charge in [0.05, 0.1) is 16.7 Å². The highest BCUT2D eigenvalue weighted by atomic mass is 16.6. The Morgan fingerprint density at radius 1 is 1.40 bits per heavy atom. The highest BCUT2D eigenvalue weighted by Crippen LogP contribution is 2.22. The van der Waals surface area contributed by atoms with Gasteiger partial charge in [-0.25, -0.2) is 4.68 Å². The number of hydrogen-bond donors (Lipinski definition) is 2. The number of amides is 1. The van der Waals surface area contributed by atoms with E-state index in [1.165, 1.54) is 6.92 Å². The smallest absolute Gasteiger partial charge is 0.322 e. The second-order valence-electron chi connectivity index (χ2n) is 5.54. The van der Waals surface area contributed by atoms with Gasteiger partial charge >= 0.3 is 5.69 Å². The van der Waals surface area contributed by atoms with Crippen LogP contribution in [0.25, 0.3) is 5.69 Å². The van der Waals surface area contributed by atoms with Crippen molar-refractivity contribution >= 4 is 11.6 Å². The molecule has 9 nitrogen and oxygen atoms in total. The molecule has 1 atom stereocenters. The number of aromatic amines is 1. The third-order valence-corrected chi connectivity index (χ3v) is 3.80. The molecule has 9 heteroatoms. The average molecular weight is 340 g/mol. The zero-order valence-corrected chi connectivity index (χ0v) is 13.6. The molecule has 0 aliphatic carbocycles. The molecule has 25 heavy (non-hydrogen) atoms. The zero-order valence-electron chi connectivity index (χ0n) is 13.6. The number of H-pyrrole nitrogens is 1. The van der Waals surface area contributed by atoms with Crippen LogP contribution in [0.4, 0.5) is 5.69 Å². The highest BCUT2D eigenvalue weighted by molar-refractivity contribution is 5.96. The molecule has 2 aromatic heterocycles. The van der Waals surface area contributed by atoms with Gasteiger partial charge < -0.3 is 5.32 Å². The predicted molar refractivity (Wildman–Crippen MR) is 89.4 cm³/mol. The summed E-state index contributed by atoms with van der Waals surface area (Å²) in [6.07, 6.45) is 3.50. The van der Waals surface area contributed by atoms with Crippen molar-refractivity contribution in [2.24, 2.45) is 0 Å². The first-order chi connectivity index (χ1) is 12.0. The molecular formula is C16H16N6O3. The van der Waals surface area contributed by atoms with E-state index in [0.29, 0.717) is 0 Å². The van der Waals surface area contributed by atoms with Gasteiger partial charge in [-0.1, -0.05) is 12.1 Å². The van der Waals surface area contributed by atoms with Crippen molar-refractivity contribution in [1.29, 1.82) is 0 Å². The summed E-state index contributed by atoms with van der Waals surface area (Å²) in [4.78, 5) is 22.8. The number of aryl methyl sites for hydroxylation is 1. The standard InChI is InChI=1S/C16H16N6O3/c1-10(12-5-3-6-13(9-12)21-8-4-7-17-21)18-16(23)14-15(22(24)25)11(2)19-20-14/h3-10H,1-2H3,(H,18,23)(H,19,20). The van der Waals surface area contributed by atoms with Crippen molar-refractivity contribution in [1.82, 2.24) is 25.3 Å². The Labute approximate surface area is 142 Å². The van der Waals surface area contributed by atoms with Gasteiger partial charge in [-0.05, 0) is 37.6 Å². The van der Waals surface area contributed by atoms with Crippen molar-refractivity contribution < 1.29 is 9.72 Å². The lowest BCUT2D eigenvalue weighted by Crippen LogP contribution is -2.27. The molecule has 1 amide bonds. The number of nitrogens with one attached hydrogen (secondary N) is 2. The number of nitro groups is 1. The quantitative estimate of drug-likeness (QED) is 0.545. The normalized spacial score (nSPS) is 11.9. The monoisotopic (exact) mass is 340 g/mol.